The quantitative estimate of drug-likeness (QED) is 0.770. The average Bonchev–Trinajstić information content (AvgIpc) is 2.38. The number of carbonyl (C=O) groups is 2. The predicted octanol–water partition coefficient (Wildman–Crippen LogP) is 1.21. The number of nitrogens with two attached hydrogens (primary N) is 1. The zero-order valence-corrected chi connectivity index (χ0v) is 10.0. The molecule has 5 heteroatoms. The molecule has 2 rings (SSSR count). The van der Waals surface area contributed by atoms with E-state index in [0.29, 0.717) is 37.2 Å². The standard InChI is InChI=1S/C13H16N2O3/c14-11-3-1-2-10(8-11)12(16)15-6-4-9(5-7-15)13(17)18/h1-3,8-9H,4-7,14H2,(H,17,18). The van der Waals surface area contributed by atoms with Crippen LogP contribution in [-0.4, -0.2) is 35.0 Å². The van der Waals surface area contributed by atoms with Gasteiger partial charge in [-0.2, -0.15) is 0 Å². The summed E-state index contributed by atoms with van der Waals surface area (Å²) in [7, 11) is 0. The Morgan fingerprint density at radius 1 is 1.28 bits per heavy atom. The lowest BCUT2D eigenvalue weighted by atomic mass is 9.96. The number of nitrogen functional groups attached to an aromatic ring is 1. The summed E-state index contributed by atoms with van der Waals surface area (Å²) >= 11 is 0. The van der Waals surface area contributed by atoms with Crippen molar-refractivity contribution in [2.75, 3.05) is 18.8 Å². The van der Waals surface area contributed by atoms with E-state index in [0.717, 1.165) is 0 Å². The summed E-state index contributed by atoms with van der Waals surface area (Å²) in [6.07, 6.45) is 1.03. The Morgan fingerprint density at radius 2 is 1.94 bits per heavy atom. The highest BCUT2D eigenvalue weighted by molar-refractivity contribution is 5.95. The number of hydrogen-bond donors (Lipinski definition) is 2. The Bertz CT molecular complexity index is 465. The monoisotopic (exact) mass is 248 g/mol. The second-order valence-electron chi connectivity index (χ2n) is 4.53. The summed E-state index contributed by atoms with van der Waals surface area (Å²) in [5.41, 5.74) is 6.76. The Hall–Kier alpha value is -2.04. The molecule has 18 heavy (non-hydrogen) atoms. The summed E-state index contributed by atoms with van der Waals surface area (Å²) in [6.45, 7) is 0.981. The van der Waals surface area contributed by atoms with Gasteiger partial charge in [0.25, 0.3) is 5.91 Å². The fourth-order valence-electron chi connectivity index (χ4n) is 2.18. The normalized spacial score (nSPS) is 16.6. The first kappa shape index (κ1) is 12.4. The van der Waals surface area contributed by atoms with Crippen LogP contribution in [0.4, 0.5) is 5.69 Å². The highest BCUT2D eigenvalue weighted by atomic mass is 16.4. The number of aliphatic carboxylic acids is 1. The third-order valence-electron chi connectivity index (χ3n) is 3.26. The molecule has 1 fully saturated rings. The third-order valence-corrected chi connectivity index (χ3v) is 3.26. The van der Waals surface area contributed by atoms with Gasteiger partial charge in [0, 0.05) is 24.3 Å². The molecule has 96 valence electrons. The minimum absolute atomic E-state index is 0.0776. The largest absolute Gasteiger partial charge is 0.481 e. The van der Waals surface area contributed by atoms with E-state index in [9.17, 15) is 9.59 Å². The van der Waals surface area contributed by atoms with E-state index in [1.54, 1.807) is 29.2 Å². The van der Waals surface area contributed by atoms with Crippen LogP contribution in [0.3, 0.4) is 0 Å². The van der Waals surface area contributed by atoms with Crippen molar-refractivity contribution in [3.05, 3.63) is 29.8 Å². The van der Waals surface area contributed by atoms with Crippen LogP contribution in [0.25, 0.3) is 0 Å². The lowest BCUT2D eigenvalue weighted by Gasteiger charge is -2.30. The molecule has 5 nitrogen and oxygen atoms in total. The van der Waals surface area contributed by atoms with Crippen LogP contribution in [0.5, 0.6) is 0 Å². The van der Waals surface area contributed by atoms with Crippen molar-refractivity contribution in [2.45, 2.75) is 12.8 Å². The summed E-state index contributed by atoms with van der Waals surface area (Å²) in [5, 5.41) is 8.90. The maximum Gasteiger partial charge on any atom is 0.306 e. The number of benzene rings is 1. The first-order valence-electron chi connectivity index (χ1n) is 5.95. The van der Waals surface area contributed by atoms with Crippen LogP contribution in [0.1, 0.15) is 23.2 Å². The van der Waals surface area contributed by atoms with Gasteiger partial charge in [-0.15, -0.1) is 0 Å². The average molecular weight is 248 g/mol. The molecule has 1 aromatic rings. The van der Waals surface area contributed by atoms with Crippen LogP contribution in [0, 0.1) is 5.92 Å². The molecule has 0 unspecified atom stereocenters. The number of rotatable bonds is 2. The van der Waals surface area contributed by atoms with E-state index in [1.807, 2.05) is 0 Å². The predicted molar refractivity (Wildman–Crippen MR) is 67.1 cm³/mol. The molecule has 0 atom stereocenters. The molecule has 3 N–H and O–H groups in total. The Kier molecular flexibility index (Phi) is 3.50. The number of amides is 1. The van der Waals surface area contributed by atoms with Gasteiger partial charge >= 0.3 is 5.97 Å². The maximum absolute atomic E-state index is 12.2. The third kappa shape index (κ3) is 2.61. The molecule has 0 bridgehead atoms. The number of carboxylic acids is 1. The van der Waals surface area contributed by atoms with Crippen LogP contribution in [0.2, 0.25) is 0 Å². The lowest BCUT2D eigenvalue weighted by Crippen LogP contribution is -2.40. The first-order valence-corrected chi connectivity index (χ1v) is 5.95. The summed E-state index contributed by atoms with van der Waals surface area (Å²) < 4.78 is 0. The smallest absolute Gasteiger partial charge is 0.306 e. The van der Waals surface area contributed by atoms with Crippen molar-refractivity contribution in [1.29, 1.82) is 0 Å². The summed E-state index contributed by atoms with van der Waals surface area (Å²) in [6, 6.07) is 6.84. The molecule has 1 amide bonds. The number of nitrogens with zero attached hydrogens (tertiary/aromatic N) is 1. The number of anilines is 1. The van der Waals surface area contributed by atoms with Crippen molar-refractivity contribution in [3.8, 4) is 0 Å². The number of piperidine rings is 1. The van der Waals surface area contributed by atoms with E-state index >= 15 is 0 Å². The molecule has 0 saturated carbocycles. The van der Waals surface area contributed by atoms with E-state index in [-0.39, 0.29) is 11.8 Å². The minimum atomic E-state index is -0.772. The van der Waals surface area contributed by atoms with E-state index in [4.69, 9.17) is 10.8 Å². The zero-order chi connectivity index (χ0) is 13.1. The van der Waals surface area contributed by atoms with Gasteiger partial charge in [0.2, 0.25) is 0 Å². The molecular weight excluding hydrogens is 232 g/mol. The molecule has 1 aliphatic heterocycles. The summed E-state index contributed by atoms with van der Waals surface area (Å²) in [5.74, 6) is -1.17. The van der Waals surface area contributed by atoms with Gasteiger partial charge in [-0.3, -0.25) is 9.59 Å². The SMILES string of the molecule is Nc1cccc(C(=O)N2CCC(C(=O)O)CC2)c1. The molecule has 0 spiro atoms. The minimum Gasteiger partial charge on any atom is -0.481 e. The van der Waals surface area contributed by atoms with Crippen molar-refractivity contribution in [2.24, 2.45) is 5.92 Å². The fraction of sp³-hybridized carbons (Fsp3) is 0.385. The van der Waals surface area contributed by atoms with Crippen LogP contribution in [-0.2, 0) is 4.79 Å². The number of carbonyl (C=O) groups excluding carboxylic acids is 1. The van der Waals surface area contributed by atoms with Crippen molar-refractivity contribution >= 4 is 17.6 Å². The van der Waals surface area contributed by atoms with Gasteiger partial charge in [-0.25, -0.2) is 0 Å². The summed E-state index contributed by atoms with van der Waals surface area (Å²) in [4.78, 5) is 24.7. The zero-order valence-electron chi connectivity index (χ0n) is 10.0. The van der Waals surface area contributed by atoms with Crippen molar-refractivity contribution < 1.29 is 14.7 Å². The van der Waals surface area contributed by atoms with Crippen LogP contribution < -0.4 is 5.73 Å². The molecule has 1 saturated heterocycles. The lowest BCUT2D eigenvalue weighted by molar-refractivity contribution is -0.143. The maximum atomic E-state index is 12.2. The van der Waals surface area contributed by atoms with Gasteiger partial charge < -0.3 is 15.7 Å². The van der Waals surface area contributed by atoms with E-state index in [1.165, 1.54) is 0 Å². The van der Waals surface area contributed by atoms with E-state index in [2.05, 4.69) is 0 Å². The van der Waals surface area contributed by atoms with Crippen molar-refractivity contribution in [1.82, 2.24) is 4.90 Å². The van der Waals surface area contributed by atoms with Crippen LogP contribution >= 0.6 is 0 Å². The molecule has 0 aliphatic carbocycles. The highest BCUT2D eigenvalue weighted by Crippen LogP contribution is 2.19. The molecule has 1 heterocycles. The topological polar surface area (TPSA) is 83.6 Å². The molecule has 1 aliphatic rings. The Labute approximate surface area is 105 Å². The molecule has 0 radical (unpaired) electrons. The molecule has 0 aromatic heterocycles. The van der Waals surface area contributed by atoms with Gasteiger partial charge in [0.15, 0.2) is 0 Å². The van der Waals surface area contributed by atoms with Gasteiger partial charge in [-0.1, -0.05) is 6.07 Å². The first-order chi connectivity index (χ1) is 8.58. The highest BCUT2D eigenvalue weighted by Gasteiger charge is 2.27. The van der Waals surface area contributed by atoms with Gasteiger partial charge in [-0.05, 0) is 31.0 Å². The number of carboxylic acid groups (broad SMARTS) is 1. The number of likely N-dealkylation sites (tertiary alicyclic amines) is 1. The van der Waals surface area contributed by atoms with E-state index < -0.39 is 5.97 Å². The number of hydrogen-bond acceptors (Lipinski definition) is 3. The Balaban J connectivity index is 2.02. The van der Waals surface area contributed by atoms with Gasteiger partial charge in [0.1, 0.15) is 0 Å². The fourth-order valence-corrected chi connectivity index (χ4v) is 2.18. The second-order valence-corrected chi connectivity index (χ2v) is 4.53. The molecular formula is C13H16N2O3. The van der Waals surface area contributed by atoms with Crippen molar-refractivity contribution in [3.63, 3.8) is 0 Å². The van der Waals surface area contributed by atoms with Gasteiger partial charge in [0.05, 0.1) is 5.92 Å². The van der Waals surface area contributed by atoms with Crippen LogP contribution in [0.15, 0.2) is 24.3 Å². The second kappa shape index (κ2) is 5.08. The molecule has 1 aromatic carbocycles. The Morgan fingerprint density at radius 3 is 2.50 bits per heavy atom.